The summed E-state index contributed by atoms with van der Waals surface area (Å²) in [4.78, 5) is 13.0. The van der Waals surface area contributed by atoms with E-state index in [1.54, 1.807) is 0 Å². The third-order valence-electron chi connectivity index (χ3n) is 6.85. The Hall–Kier alpha value is -2.68. The molecule has 3 aromatic rings. The summed E-state index contributed by atoms with van der Waals surface area (Å²) >= 11 is 0. The van der Waals surface area contributed by atoms with Crippen LogP contribution in [0.15, 0.2) is 91.4 Å². The molecule has 0 unspecified atom stereocenters. The zero-order chi connectivity index (χ0) is 24.7. The molecule has 0 saturated heterocycles. The van der Waals surface area contributed by atoms with Gasteiger partial charge in [-0.05, 0) is 130 Å². The van der Waals surface area contributed by atoms with E-state index in [4.69, 9.17) is 0 Å². The fourth-order valence-electron chi connectivity index (χ4n) is 4.87. The van der Waals surface area contributed by atoms with E-state index in [0.717, 1.165) is 17.1 Å². The molecule has 3 aromatic heterocycles. The van der Waals surface area contributed by atoms with Crippen LogP contribution in [0.25, 0.3) is 16.7 Å². The van der Waals surface area contributed by atoms with Crippen molar-refractivity contribution in [2.75, 3.05) is 0 Å². The van der Waals surface area contributed by atoms with E-state index < -0.39 is 0 Å². The topological polar surface area (TPSA) is 38.7 Å². The Balaban J connectivity index is 0.000000152. The van der Waals surface area contributed by atoms with Gasteiger partial charge in [-0.3, -0.25) is 15.0 Å². The summed E-state index contributed by atoms with van der Waals surface area (Å²) in [5.41, 5.74) is 7.79. The maximum atomic E-state index is 4.33. The molecule has 0 aromatic carbocycles. The zero-order valence-electron chi connectivity index (χ0n) is 21.8. The van der Waals surface area contributed by atoms with Crippen molar-refractivity contribution in [3.63, 3.8) is 0 Å². The maximum Gasteiger partial charge on any atom is 0.0658 e. The van der Waals surface area contributed by atoms with Crippen molar-refractivity contribution in [3.05, 3.63) is 108 Å². The Kier molecular flexibility index (Phi) is 13.2. The van der Waals surface area contributed by atoms with Crippen molar-refractivity contribution >= 4 is 16.7 Å². The molecule has 0 atom stereocenters. The quantitative estimate of drug-likeness (QED) is 0.279. The molecule has 3 nitrogen and oxygen atoms in total. The van der Waals surface area contributed by atoms with Gasteiger partial charge in [0.1, 0.15) is 0 Å². The van der Waals surface area contributed by atoms with Crippen molar-refractivity contribution in [1.82, 2.24) is 15.0 Å². The summed E-state index contributed by atoms with van der Waals surface area (Å²) in [6.07, 6.45) is 27.9. The number of pyridine rings is 3. The minimum Gasteiger partial charge on any atom is -0.257 e. The Morgan fingerprint density at radius 3 is 0.946 bits per heavy atom. The first-order valence-corrected chi connectivity index (χ1v) is 13.7. The molecule has 0 saturated carbocycles. The van der Waals surface area contributed by atoms with E-state index in [1.165, 1.54) is 93.8 Å². The number of aromatic nitrogens is 3. The molecule has 3 aliphatic rings. The van der Waals surface area contributed by atoms with Crippen LogP contribution < -0.4 is 0 Å². The van der Waals surface area contributed by atoms with E-state index in [2.05, 4.69) is 69.6 Å². The first-order valence-electron chi connectivity index (χ1n) is 13.7. The Labute approximate surface area is 236 Å². The molecular weight excluding hydrogens is 631 g/mol. The first kappa shape index (κ1) is 28.9. The predicted octanol–water partition coefficient (Wildman–Crippen LogP) is 9.11. The van der Waals surface area contributed by atoms with Gasteiger partial charge in [-0.1, -0.05) is 36.4 Å². The zero-order valence-corrected chi connectivity index (χ0v) is 24.2. The van der Waals surface area contributed by atoms with E-state index in [1.807, 2.05) is 36.8 Å². The second-order valence-corrected chi connectivity index (χ2v) is 9.57. The average Bonchev–Trinajstić information content (AvgIpc) is 3.01. The fourth-order valence-corrected chi connectivity index (χ4v) is 4.87. The molecule has 0 spiro atoms. The molecule has 4 heteroatoms. The summed E-state index contributed by atoms with van der Waals surface area (Å²) in [7, 11) is 0. The van der Waals surface area contributed by atoms with Gasteiger partial charge in [0.05, 0.1) is 17.1 Å². The van der Waals surface area contributed by atoms with Crippen molar-refractivity contribution in [2.24, 2.45) is 0 Å². The van der Waals surface area contributed by atoms with Crippen LogP contribution in [0.2, 0.25) is 0 Å². The average molecular weight is 670 g/mol. The van der Waals surface area contributed by atoms with Crippen LogP contribution in [-0.4, -0.2) is 15.0 Å². The predicted molar refractivity (Wildman–Crippen MR) is 152 cm³/mol. The van der Waals surface area contributed by atoms with Crippen LogP contribution in [0.4, 0.5) is 0 Å². The number of hydrogen-bond donors (Lipinski definition) is 0. The molecule has 1 radical (unpaired) electrons. The van der Waals surface area contributed by atoms with Crippen molar-refractivity contribution in [2.45, 2.75) is 77.0 Å². The molecule has 0 aliphatic heterocycles. The van der Waals surface area contributed by atoms with Gasteiger partial charge in [-0.15, -0.1) is 0 Å². The minimum absolute atomic E-state index is 0. The van der Waals surface area contributed by atoms with E-state index in [-0.39, 0.29) is 20.1 Å². The standard InChI is InChI=1S/3C11H13N.Ir/c3*1-2-6-10(7-3-1)11-8-4-5-9-12-11;/h3*4-6,8-9H,1-3,7H2;. The van der Waals surface area contributed by atoms with Crippen LogP contribution in [0.5, 0.6) is 0 Å². The van der Waals surface area contributed by atoms with Crippen molar-refractivity contribution in [1.29, 1.82) is 0 Å². The van der Waals surface area contributed by atoms with Crippen molar-refractivity contribution < 1.29 is 20.1 Å². The summed E-state index contributed by atoms with van der Waals surface area (Å²) < 4.78 is 0. The molecule has 0 amide bonds. The van der Waals surface area contributed by atoms with Crippen LogP contribution in [0.3, 0.4) is 0 Å². The van der Waals surface area contributed by atoms with Gasteiger partial charge in [0.25, 0.3) is 0 Å². The Bertz CT molecular complexity index is 976. The molecule has 6 rings (SSSR count). The van der Waals surface area contributed by atoms with E-state index in [9.17, 15) is 0 Å². The van der Waals surface area contributed by atoms with Gasteiger partial charge in [0.2, 0.25) is 0 Å². The van der Waals surface area contributed by atoms with Gasteiger partial charge in [0, 0.05) is 38.7 Å². The number of hydrogen-bond acceptors (Lipinski definition) is 3. The third kappa shape index (κ3) is 9.95. The molecule has 0 fully saturated rings. The first-order chi connectivity index (χ1) is 17.9. The summed E-state index contributed by atoms with van der Waals surface area (Å²) in [5, 5.41) is 0. The summed E-state index contributed by atoms with van der Waals surface area (Å²) in [6.45, 7) is 0. The largest absolute Gasteiger partial charge is 0.257 e. The van der Waals surface area contributed by atoms with Crippen molar-refractivity contribution in [3.8, 4) is 0 Å². The van der Waals surface area contributed by atoms with Crippen LogP contribution >= 0.6 is 0 Å². The van der Waals surface area contributed by atoms with Crippen LogP contribution in [0.1, 0.15) is 94.1 Å². The monoisotopic (exact) mass is 670 g/mol. The van der Waals surface area contributed by atoms with Gasteiger partial charge < -0.3 is 0 Å². The van der Waals surface area contributed by atoms with E-state index in [0.29, 0.717) is 0 Å². The molecule has 37 heavy (non-hydrogen) atoms. The van der Waals surface area contributed by atoms with Crippen LogP contribution in [0, 0.1) is 0 Å². The number of nitrogens with zero attached hydrogens (tertiary/aromatic N) is 3. The van der Waals surface area contributed by atoms with Gasteiger partial charge in [-0.25, -0.2) is 0 Å². The molecular formula is C33H39IrN3. The Morgan fingerprint density at radius 2 is 0.730 bits per heavy atom. The second kappa shape index (κ2) is 16.9. The summed E-state index contributed by atoms with van der Waals surface area (Å²) in [5.74, 6) is 0. The normalized spacial score (nSPS) is 16.7. The molecule has 3 heterocycles. The SMILES string of the molecule is C1=C(c2ccccn2)CCCC1.C1=C(c2ccccn2)CCCC1.C1=C(c2ccccn2)CCCC1.[Ir]. The van der Waals surface area contributed by atoms with E-state index >= 15 is 0 Å². The maximum absolute atomic E-state index is 4.33. The minimum atomic E-state index is 0. The smallest absolute Gasteiger partial charge is 0.0658 e. The molecule has 3 aliphatic carbocycles. The molecule has 0 N–H and O–H groups in total. The second-order valence-electron chi connectivity index (χ2n) is 9.57. The Morgan fingerprint density at radius 1 is 0.405 bits per heavy atom. The summed E-state index contributed by atoms with van der Waals surface area (Å²) in [6, 6.07) is 18.3. The number of rotatable bonds is 3. The van der Waals surface area contributed by atoms with Gasteiger partial charge >= 0.3 is 0 Å². The third-order valence-corrected chi connectivity index (χ3v) is 6.85. The number of allylic oxidation sites excluding steroid dienone is 6. The van der Waals surface area contributed by atoms with Crippen LogP contribution in [-0.2, 0) is 20.1 Å². The van der Waals surface area contributed by atoms with Gasteiger partial charge in [-0.2, -0.15) is 0 Å². The fraction of sp³-hybridized carbons (Fsp3) is 0.364. The molecule has 195 valence electrons. The molecule has 0 bridgehead atoms. The van der Waals surface area contributed by atoms with Gasteiger partial charge in [0.15, 0.2) is 0 Å².